The standard InChI is InChI=1S/C15H21F3/c1-2-11-3-5-12(6-4-11)13-7-9-14(10-8-13)15(16,17)18/h7,9,11-12H,2-6,8,10H2,1H3. The Morgan fingerprint density at radius 2 is 1.72 bits per heavy atom. The predicted octanol–water partition coefficient (Wildman–Crippen LogP) is 5.41. The normalized spacial score (nSPS) is 29.8. The van der Waals surface area contributed by atoms with Crippen molar-refractivity contribution in [1.82, 2.24) is 0 Å². The molecule has 0 bridgehead atoms. The van der Waals surface area contributed by atoms with Gasteiger partial charge in [0.2, 0.25) is 0 Å². The Kier molecular flexibility index (Phi) is 4.18. The summed E-state index contributed by atoms with van der Waals surface area (Å²) in [7, 11) is 0. The van der Waals surface area contributed by atoms with Gasteiger partial charge in [0.15, 0.2) is 0 Å². The molecule has 2 aliphatic rings. The van der Waals surface area contributed by atoms with Crippen molar-refractivity contribution in [1.29, 1.82) is 0 Å². The lowest BCUT2D eigenvalue weighted by molar-refractivity contribution is -0.0941. The summed E-state index contributed by atoms with van der Waals surface area (Å²) in [6.07, 6.45) is 5.73. The Hall–Kier alpha value is -0.730. The minimum atomic E-state index is -4.14. The monoisotopic (exact) mass is 258 g/mol. The summed E-state index contributed by atoms with van der Waals surface area (Å²) in [5.74, 6) is 1.38. The molecule has 18 heavy (non-hydrogen) atoms. The minimum absolute atomic E-state index is 0.170. The molecule has 0 radical (unpaired) electrons. The third-order valence-electron chi connectivity index (χ3n) is 4.49. The second-order valence-corrected chi connectivity index (χ2v) is 5.56. The average molecular weight is 258 g/mol. The van der Waals surface area contributed by atoms with Crippen molar-refractivity contribution in [2.75, 3.05) is 0 Å². The molecule has 1 fully saturated rings. The molecule has 0 saturated heterocycles. The molecule has 1 saturated carbocycles. The Bertz CT molecular complexity index is 341. The van der Waals surface area contributed by atoms with Crippen LogP contribution in [0, 0.1) is 11.8 Å². The lowest BCUT2D eigenvalue weighted by Gasteiger charge is -2.31. The molecule has 0 aromatic carbocycles. The highest BCUT2D eigenvalue weighted by Crippen LogP contribution is 2.40. The second-order valence-electron chi connectivity index (χ2n) is 5.56. The van der Waals surface area contributed by atoms with Crippen LogP contribution in [0.25, 0.3) is 0 Å². The van der Waals surface area contributed by atoms with Gasteiger partial charge in [-0.25, -0.2) is 0 Å². The first-order valence-corrected chi connectivity index (χ1v) is 6.97. The van der Waals surface area contributed by atoms with E-state index in [0.29, 0.717) is 12.3 Å². The molecule has 3 heteroatoms. The summed E-state index contributed by atoms with van der Waals surface area (Å²) in [4.78, 5) is 0. The van der Waals surface area contributed by atoms with E-state index < -0.39 is 6.18 Å². The van der Waals surface area contributed by atoms with Crippen molar-refractivity contribution in [3.8, 4) is 0 Å². The SMILES string of the molecule is CCC1CCC(C2=CC=C(C(F)(F)F)CC2)CC1. The number of hydrogen-bond acceptors (Lipinski definition) is 0. The van der Waals surface area contributed by atoms with Crippen molar-refractivity contribution in [2.45, 2.75) is 58.0 Å². The van der Waals surface area contributed by atoms with Crippen molar-refractivity contribution in [3.63, 3.8) is 0 Å². The summed E-state index contributed by atoms with van der Waals surface area (Å²) < 4.78 is 37.5. The van der Waals surface area contributed by atoms with E-state index in [-0.39, 0.29) is 12.0 Å². The van der Waals surface area contributed by atoms with Crippen LogP contribution in [0.5, 0.6) is 0 Å². The maximum Gasteiger partial charge on any atom is 0.412 e. The topological polar surface area (TPSA) is 0 Å². The molecule has 0 unspecified atom stereocenters. The number of allylic oxidation sites excluding steroid dienone is 4. The van der Waals surface area contributed by atoms with Crippen LogP contribution in [0.1, 0.15) is 51.9 Å². The van der Waals surface area contributed by atoms with Crippen molar-refractivity contribution in [3.05, 3.63) is 23.3 Å². The lowest BCUT2D eigenvalue weighted by atomic mass is 9.75. The Balaban J connectivity index is 1.96. The van der Waals surface area contributed by atoms with E-state index in [1.165, 1.54) is 43.8 Å². The zero-order valence-corrected chi connectivity index (χ0v) is 10.9. The summed E-state index contributed by atoms with van der Waals surface area (Å²) >= 11 is 0. The van der Waals surface area contributed by atoms with E-state index in [1.54, 1.807) is 6.08 Å². The summed E-state index contributed by atoms with van der Waals surface area (Å²) in [5.41, 5.74) is 0.881. The van der Waals surface area contributed by atoms with Gasteiger partial charge in [-0.15, -0.1) is 0 Å². The number of alkyl halides is 3. The van der Waals surface area contributed by atoms with E-state index in [9.17, 15) is 13.2 Å². The molecule has 0 aromatic rings. The van der Waals surface area contributed by atoms with Crippen LogP contribution in [-0.4, -0.2) is 6.18 Å². The first-order valence-electron chi connectivity index (χ1n) is 6.97. The maximum atomic E-state index is 12.5. The van der Waals surface area contributed by atoms with Crippen LogP contribution in [0.3, 0.4) is 0 Å². The fourth-order valence-corrected chi connectivity index (χ4v) is 3.17. The molecule has 2 rings (SSSR count). The van der Waals surface area contributed by atoms with Gasteiger partial charge < -0.3 is 0 Å². The van der Waals surface area contributed by atoms with Gasteiger partial charge in [-0.2, -0.15) is 13.2 Å². The minimum Gasteiger partial charge on any atom is -0.166 e. The predicted molar refractivity (Wildman–Crippen MR) is 67.2 cm³/mol. The summed E-state index contributed by atoms with van der Waals surface area (Å²) in [5, 5.41) is 0. The number of rotatable bonds is 2. The fourth-order valence-electron chi connectivity index (χ4n) is 3.17. The molecule has 0 nitrogen and oxygen atoms in total. The van der Waals surface area contributed by atoms with Gasteiger partial charge in [-0.05, 0) is 50.4 Å². The van der Waals surface area contributed by atoms with Crippen LogP contribution in [0.4, 0.5) is 13.2 Å². The van der Waals surface area contributed by atoms with Gasteiger partial charge in [-0.3, -0.25) is 0 Å². The Morgan fingerprint density at radius 1 is 1.06 bits per heavy atom. The molecule has 0 heterocycles. The summed E-state index contributed by atoms with van der Waals surface area (Å²) in [6.45, 7) is 2.23. The molecule has 0 aliphatic heterocycles. The molecular weight excluding hydrogens is 237 g/mol. The highest BCUT2D eigenvalue weighted by atomic mass is 19.4. The van der Waals surface area contributed by atoms with Gasteiger partial charge in [0.05, 0.1) is 0 Å². The van der Waals surface area contributed by atoms with Crippen LogP contribution in [0.2, 0.25) is 0 Å². The largest absolute Gasteiger partial charge is 0.412 e. The Morgan fingerprint density at radius 3 is 2.17 bits per heavy atom. The van der Waals surface area contributed by atoms with Gasteiger partial charge in [0, 0.05) is 5.57 Å². The van der Waals surface area contributed by atoms with Crippen LogP contribution < -0.4 is 0 Å². The fraction of sp³-hybridized carbons (Fsp3) is 0.733. The molecule has 0 aromatic heterocycles. The van der Waals surface area contributed by atoms with Gasteiger partial charge in [0.25, 0.3) is 0 Å². The van der Waals surface area contributed by atoms with E-state index >= 15 is 0 Å². The average Bonchev–Trinajstić information content (AvgIpc) is 2.38. The quantitative estimate of drug-likeness (QED) is 0.621. The zero-order valence-electron chi connectivity index (χ0n) is 10.9. The van der Waals surface area contributed by atoms with Crippen molar-refractivity contribution < 1.29 is 13.2 Å². The zero-order chi connectivity index (χ0) is 13.2. The van der Waals surface area contributed by atoms with E-state index in [2.05, 4.69) is 6.92 Å². The maximum absolute atomic E-state index is 12.5. The molecule has 102 valence electrons. The van der Waals surface area contributed by atoms with E-state index in [0.717, 1.165) is 5.92 Å². The highest BCUT2D eigenvalue weighted by Gasteiger charge is 2.34. The second kappa shape index (κ2) is 5.50. The summed E-state index contributed by atoms with van der Waals surface area (Å²) in [6, 6.07) is 0. The van der Waals surface area contributed by atoms with Crippen LogP contribution in [0.15, 0.2) is 23.3 Å². The smallest absolute Gasteiger partial charge is 0.166 e. The molecular formula is C15H21F3. The molecule has 2 aliphatic carbocycles. The third-order valence-corrected chi connectivity index (χ3v) is 4.49. The van der Waals surface area contributed by atoms with Gasteiger partial charge >= 0.3 is 6.18 Å². The van der Waals surface area contributed by atoms with Crippen LogP contribution >= 0.6 is 0 Å². The molecule has 0 amide bonds. The van der Waals surface area contributed by atoms with Crippen LogP contribution in [-0.2, 0) is 0 Å². The van der Waals surface area contributed by atoms with Crippen molar-refractivity contribution in [2.24, 2.45) is 11.8 Å². The first-order chi connectivity index (χ1) is 8.50. The van der Waals surface area contributed by atoms with E-state index in [4.69, 9.17) is 0 Å². The first kappa shape index (κ1) is 13.7. The van der Waals surface area contributed by atoms with Gasteiger partial charge in [-0.1, -0.05) is 31.1 Å². The Labute approximate surface area is 107 Å². The van der Waals surface area contributed by atoms with Crippen molar-refractivity contribution >= 4 is 0 Å². The molecule has 0 spiro atoms. The molecule has 0 atom stereocenters. The molecule has 0 N–H and O–H groups in total. The lowest BCUT2D eigenvalue weighted by Crippen LogP contribution is -2.19. The number of hydrogen-bond donors (Lipinski definition) is 0. The van der Waals surface area contributed by atoms with E-state index in [1.807, 2.05) is 0 Å². The highest BCUT2D eigenvalue weighted by molar-refractivity contribution is 5.28. The van der Waals surface area contributed by atoms with Gasteiger partial charge in [0.1, 0.15) is 0 Å². The number of halogens is 3. The third kappa shape index (κ3) is 3.18.